The average Bonchev–Trinajstić information content (AvgIpc) is 3.14. The number of fused-ring (bicyclic) bond motifs is 1. The highest BCUT2D eigenvalue weighted by atomic mass is 32.2. The third-order valence-corrected chi connectivity index (χ3v) is 8.17. The molecular weight excluding hydrogens is 442 g/mol. The molecule has 2 fully saturated rings. The van der Waals surface area contributed by atoms with Crippen molar-refractivity contribution in [3.8, 4) is 0 Å². The van der Waals surface area contributed by atoms with Gasteiger partial charge in [0.15, 0.2) is 0 Å². The van der Waals surface area contributed by atoms with Gasteiger partial charge < -0.3 is 9.88 Å². The number of hydrogen-bond acceptors (Lipinski definition) is 6. The van der Waals surface area contributed by atoms with Crippen molar-refractivity contribution in [2.45, 2.75) is 37.9 Å². The first-order chi connectivity index (χ1) is 15.3. The van der Waals surface area contributed by atoms with Crippen LogP contribution in [-0.2, 0) is 23.3 Å². The summed E-state index contributed by atoms with van der Waals surface area (Å²) in [5.74, 6) is 0.803. The molecule has 0 atom stereocenters. The molecule has 1 N–H and O–H groups in total. The molecule has 10 nitrogen and oxygen atoms in total. The molecular formula is C19H24F2N8O2S. The van der Waals surface area contributed by atoms with E-state index in [1.807, 2.05) is 12.3 Å². The zero-order valence-electron chi connectivity index (χ0n) is 17.5. The molecule has 1 spiro atoms. The smallest absolute Gasteiger partial charge is 0.282 e. The van der Waals surface area contributed by atoms with Crippen LogP contribution in [0.15, 0.2) is 30.9 Å². The second-order valence-corrected chi connectivity index (χ2v) is 10.3. The van der Waals surface area contributed by atoms with Gasteiger partial charge in [-0.05, 0) is 25.0 Å². The van der Waals surface area contributed by atoms with Gasteiger partial charge >= 0.3 is 0 Å². The predicted molar refractivity (Wildman–Crippen MR) is 113 cm³/mol. The summed E-state index contributed by atoms with van der Waals surface area (Å²) >= 11 is 0. The summed E-state index contributed by atoms with van der Waals surface area (Å²) in [7, 11) is -2.26. The SMILES string of the molecule is CN(Cc1ccn(CC(F)F)n1)S(=O)(=O)N1CCN(c2ncnc3[nH]ccc23)CC12CC2. The molecule has 4 heterocycles. The van der Waals surface area contributed by atoms with Gasteiger partial charge in [0, 0.05) is 39.1 Å². The topological polar surface area (TPSA) is 103 Å². The van der Waals surface area contributed by atoms with Crippen LogP contribution < -0.4 is 4.90 Å². The Morgan fingerprint density at radius 2 is 2.06 bits per heavy atom. The van der Waals surface area contributed by atoms with Crippen LogP contribution in [0.2, 0.25) is 0 Å². The number of H-pyrrole nitrogens is 1. The fourth-order valence-electron chi connectivity index (χ4n) is 4.37. The standard InChI is InChI=1S/C19H24F2N8O2S/c1-26(10-14-3-7-28(25-14)11-16(20)21)32(30,31)29-9-8-27(12-19(29)4-5-19)18-15-2-6-22-17(15)23-13-24-18/h2-3,6-7,13,16H,4-5,8-12H2,1H3,(H,22,23,24). The number of aromatic nitrogens is 5. The van der Waals surface area contributed by atoms with Gasteiger partial charge in [0.25, 0.3) is 16.6 Å². The lowest BCUT2D eigenvalue weighted by atomic mass is 10.2. The molecule has 2 aliphatic rings. The summed E-state index contributed by atoms with van der Waals surface area (Å²) < 4.78 is 55.8. The minimum absolute atomic E-state index is 0.0186. The number of nitrogens with zero attached hydrogens (tertiary/aromatic N) is 7. The Balaban J connectivity index is 1.32. The number of rotatable bonds is 7. The van der Waals surface area contributed by atoms with Gasteiger partial charge in [-0.2, -0.15) is 22.1 Å². The maximum absolute atomic E-state index is 13.4. The Morgan fingerprint density at radius 1 is 1.25 bits per heavy atom. The van der Waals surface area contributed by atoms with E-state index in [0.29, 0.717) is 25.3 Å². The second-order valence-electron chi connectivity index (χ2n) is 8.34. The average molecular weight is 467 g/mol. The molecule has 13 heteroatoms. The maximum atomic E-state index is 13.4. The molecule has 1 saturated heterocycles. The van der Waals surface area contributed by atoms with E-state index in [-0.39, 0.29) is 6.54 Å². The lowest BCUT2D eigenvalue weighted by Gasteiger charge is -2.42. The molecule has 3 aromatic rings. The fraction of sp³-hybridized carbons (Fsp3) is 0.526. The number of piperazine rings is 1. The Bertz CT molecular complexity index is 1220. The van der Waals surface area contributed by atoms with Gasteiger partial charge in [-0.3, -0.25) is 4.68 Å². The summed E-state index contributed by atoms with van der Waals surface area (Å²) in [5, 5.41) is 4.98. The minimum Gasteiger partial charge on any atom is -0.353 e. The van der Waals surface area contributed by atoms with E-state index < -0.39 is 28.7 Å². The first kappa shape index (κ1) is 21.2. The molecule has 1 aliphatic carbocycles. The molecule has 1 aliphatic heterocycles. The quantitative estimate of drug-likeness (QED) is 0.565. The lowest BCUT2D eigenvalue weighted by Crippen LogP contribution is -2.59. The molecule has 0 bridgehead atoms. The van der Waals surface area contributed by atoms with Crippen LogP contribution in [0.25, 0.3) is 11.0 Å². The zero-order valence-corrected chi connectivity index (χ0v) is 18.3. The van der Waals surface area contributed by atoms with E-state index in [9.17, 15) is 17.2 Å². The van der Waals surface area contributed by atoms with Gasteiger partial charge in [0.05, 0.1) is 23.2 Å². The van der Waals surface area contributed by atoms with Crippen molar-refractivity contribution in [2.75, 3.05) is 31.6 Å². The summed E-state index contributed by atoms with van der Waals surface area (Å²) in [5.41, 5.74) is 0.713. The Kier molecular flexibility index (Phi) is 5.13. The summed E-state index contributed by atoms with van der Waals surface area (Å²) in [6, 6.07) is 3.49. The van der Waals surface area contributed by atoms with Crippen molar-refractivity contribution >= 4 is 27.1 Å². The van der Waals surface area contributed by atoms with Crippen molar-refractivity contribution in [1.82, 2.24) is 33.3 Å². The minimum atomic E-state index is -3.75. The van der Waals surface area contributed by atoms with Crippen LogP contribution in [-0.4, -0.2) is 80.4 Å². The Hall–Kier alpha value is -2.64. The van der Waals surface area contributed by atoms with E-state index in [4.69, 9.17) is 0 Å². The van der Waals surface area contributed by atoms with E-state index in [2.05, 4.69) is 25.0 Å². The van der Waals surface area contributed by atoms with Gasteiger partial charge in [-0.1, -0.05) is 0 Å². The molecule has 1 saturated carbocycles. The number of anilines is 1. The van der Waals surface area contributed by atoms with Gasteiger partial charge in [-0.15, -0.1) is 0 Å². The van der Waals surface area contributed by atoms with Gasteiger partial charge in [0.1, 0.15) is 24.3 Å². The van der Waals surface area contributed by atoms with Gasteiger partial charge in [0.2, 0.25) is 0 Å². The maximum Gasteiger partial charge on any atom is 0.282 e. The molecule has 172 valence electrons. The fourth-order valence-corrected chi connectivity index (χ4v) is 6.05. The third-order valence-electron chi connectivity index (χ3n) is 6.12. The van der Waals surface area contributed by atoms with Crippen LogP contribution in [0, 0.1) is 0 Å². The predicted octanol–water partition coefficient (Wildman–Crippen LogP) is 1.45. The number of nitrogens with one attached hydrogen (secondary N) is 1. The van der Waals surface area contributed by atoms with E-state index in [1.54, 1.807) is 10.4 Å². The monoisotopic (exact) mass is 466 g/mol. The van der Waals surface area contributed by atoms with Crippen LogP contribution in [0.3, 0.4) is 0 Å². The molecule has 3 aromatic heterocycles. The molecule has 0 radical (unpaired) electrons. The molecule has 0 unspecified atom stereocenters. The highest BCUT2D eigenvalue weighted by Gasteiger charge is 2.56. The first-order valence-electron chi connectivity index (χ1n) is 10.4. The normalized spacial score (nSPS) is 19.0. The van der Waals surface area contributed by atoms with E-state index >= 15 is 0 Å². The van der Waals surface area contributed by atoms with E-state index in [1.165, 1.54) is 23.9 Å². The molecule has 0 aromatic carbocycles. The Morgan fingerprint density at radius 3 is 2.81 bits per heavy atom. The highest BCUT2D eigenvalue weighted by molar-refractivity contribution is 7.86. The number of halogens is 2. The summed E-state index contributed by atoms with van der Waals surface area (Å²) in [4.78, 5) is 13.9. The first-order valence-corrected chi connectivity index (χ1v) is 11.8. The number of aromatic amines is 1. The van der Waals surface area contributed by atoms with Crippen molar-refractivity contribution in [3.05, 3.63) is 36.5 Å². The van der Waals surface area contributed by atoms with Gasteiger partial charge in [-0.25, -0.2) is 18.7 Å². The van der Waals surface area contributed by atoms with Crippen LogP contribution in [0.1, 0.15) is 18.5 Å². The Labute approximate surface area is 184 Å². The van der Waals surface area contributed by atoms with Crippen molar-refractivity contribution in [1.29, 1.82) is 0 Å². The largest absolute Gasteiger partial charge is 0.353 e. The number of alkyl halides is 2. The number of hydrogen-bond donors (Lipinski definition) is 1. The highest BCUT2D eigenvalue weighted by Crippen LogP contribution is 2.47. The molecule has 5 rings (SSSR count). The van der Waals surface area contributed by atoms with Crippen molar-refractivity contribution < 1.29 is 17.2 Å². The van der Waals surface area contributed by atoms with Crippen molar-refractivity contribution in [3.63, 3.8) is 0 Å². The second kappa shape index (κ2) is 7.74. The van der Waals surface area contributed by atoms with E-state index in [0.717, 1.165) is 34.4 Å². The summed E-state index contributed by atoms with van der Waals surface area (Å²) in [6.45, 7) is 0.904. The van der Waals surface area contributed by atoms with Crippen molar-refractivity contribution in [2.24, 2.45) is 0 Å². The lowest BCUT2D eigenvalue weighted by molar-refractivity contribution is 0.121. The van der Waals surface area contributed by atoms with Crippen LogP contribution in [0.4, 0.5) is 14.6 Å². The third kappa shape index (κ3) is 3.73. The molecule has 0 amide bonds. The summed E-state index contributed by atoms with van der Waals surface area (Å²) in [6.07, 6.45) is 3.80. The zero-order chi connectivity index (χ0) is 22.5. The molecule has 32 heavy (non-hydrogen) atoms. The van der Waals surface area contributed by atoms with Crippen LogP contribution in [0.5, 0.6) is 0 Å². The van der Waals surface area contributed by atoms with Crippen LogP contribution >= 0.6 is 0 Å².